The Morgan fingerprint density at radius 3 is 2.38 bits per heavy atom. The number of allylic oxidation sites excluding steroid dienone is 4. The molecule has 1 atom stereocenters. The first-order valence-corrected chi connectivity index (χ1v) is 5.55. The second kappa shape index (κ2) is 4.09. The van der Waals surface area contributed by atoms with Gasteiger partial charge in [-0.05, 0) is 26.3 Å². The molecule has 0 bridgehead atoms. The minimum atomic E-state index is 0.293. The van der Waals surface area contributed by atoms with Crippen LogP contribution in [0.15, 0.2) is 47.1 Å². The monoisotopic (exact) mass is 212 g/mol. The fourth-order valence-corrected chi connectivity index (χ4v) is 2.47. The lowest BCUT2D eigenvalue weighted by Crippen LogP contribution is -2.03. The molecule has 0 saturated carbocycles. The third-order valence-electron chi connectivity index (χ3n) is 3.39. The summed E-state index contributed by atoms with van der Waals surface area (Å²) in [6.07, 6.45) is 3.16. The lowest BCUT2D eigenvalue weighted by Gasteiger charge is -2.17. The van der Waals surface area contributed by atoms with E-state index in [0.717, 1.165) is 17.4 Å². The van der Waals surface area contributed by atoms with E-state index in [1.54, 1.807) is 0 Å². The van der Waals surface area contributed by atoms with Crippen molar-refractivity contribution in [3.05, 3.63) is 58.2 Å². The zero-order chi connectivity index (χ0) is 11.7. The van der Waals surface area contributed by atoms with Gasteiger partial charge in [0, 0.05) is 11.5 Å². The van der Waals surface area contributed by atoms with Crippen molar-refractivity contribution in [1.29, 1.82) is 0 Å². The van der Waals surface area contributed by atoms with E-state index < -0.39 is 0 Å². The van der Waals surface area contributed by atoms with Gasteiger partial charge in [-0.1, -0.05) is 47.1 Å². The number of benzene rings is 1. The van der Waals surface area contributed by atoms with Gasteiger partial charge in [-0.3, -0.25) is 4.79 Å². The SMILES string of the molecule is CC1=CC(C)=C(C)C1c1ccccc1C=O. The molecular formula is C15H16O. The summed E-state index contributed by atoms with van der Waals surface area (Å²) in [6, 6.07) is 7.84. The molecule has 0 amide bonds. The third kappa shape index (κ3) is 1.63. The Balaban J connectivity index is 2.54. The van der Waals surface area contributed by atoms with Crippen LogP contribution in [0.5, 0.6) is 0 Å². The van der Waals surface area contributed by atoms with Crippen LogP contribution in [0.3, 0.4) is 0 Å². The van der Waals surface area contributed by atoms with Crippen molar-refractivity contribution in [3.8, 4) is 0 Å². The molecule has 1 nitrogen and oxygen atoms in total. The molecule has 0 fully saturated rings. The van der Waals surface area contributed by atoms with Gasteiger partial charge in [0.1, 0.15) is 6.29 Å². The summed E-state index contributed by atoms with van der Waals surface area (Å²) in [5.74, 6) is 0.293. The Kier molecular flexibility index (Phi) is 2.78. The number of carbonyl (C=O) groups excluding carboxylic acids is 1. The number of carbonyl (C=O) groups is 1. The van der Waals surface area contributed by atoms with Crippen LogP contribution in [0.25, 0.3) is 0 Å². The number of hydrogen-bond donors (Lipinski definition) is 0. The number of rotatable bonds is 2. The molecule has 0 heterocycles. The predicted octanol–water partition coefficient (Wildman–Crippen LogP) is 3.88. The Morgan fingerprint density at radius 2 is 1.81 bits per heavy atom. The van der Waals surface area contributed by atoms with Gasteiger partial charge < -0.3 is 0 Å². The minimum Gasteiger partial charge on any atom is -0.298 e. The summed E-state index contributed by atoms with van der Waals surface area (Å²) in [7, 11) is 0. The van der Waals surface area contributed by atoms with Crippen LogP contribution in [0.4, 0.5) is 0 Å². The van der Waals surface area contributed by atoms with E-state index >= 15 is 0 Å². The fourth-order valence-electron chi connectivity index (χ4n) is 2.47. The second-order valence-electron chi connectivity index (χ2n) is 4.43. The smallest absolute Gasteiger partial charge is 0.150 e. The average molecular weight is 212 g/mol. The molecule has 1 aromatic carbocycles. The first-order valence-electron chi connectivity index (χ1n) is 5.55. The highest BCUT2D eigenvalue weighted by Crippen LogP contribution is 2.39. The highest BCUT2D eigenvalue weighted by atomic mass is 16.1. The maximum atomic E-state index is 11.0. The van der Waals surface area contributed by atoms with Crippen molar-refractivity contribution in [3.63, 3.8) is 0 Å². The van der Waals surface area contributed by atoms with Gasteiger partial charge in [-0.15, -0.1) is 0 Å². The zero-order valence-electron chi connectivity index (χ0n) is 9.95. The van der Waals surface area contributed by atoms with Crippen LogP contribution in [0.2, 0.25) is 0 Å². The highest BCUT2D eigenvalue weighted by Gasteiger charge is 2.23. The summed E-state index contributed by atoms with van der Waals surface area (Å²) in [5.41, 5.74) is 5.93. The fraction of sp³-hybridized carbons (Fsp3) is 0.267. The van der Waals surface area contributed by atoms with Crippen molar-refractivity contribution in [2.75, 3.05) is 0 Å². The molecule has 0 N–H and O–H groups in total. The van der Waals surface area contributed by atoms with Gasteiger partial charge in [0.25, 0.3) is 0 Å². The van der Waals surface area contributed by atoms with Crippen molar-refractivity contribution in [2.45, 2.75) is 26.7 Å². The molecule has 1 aliphatic rings. The van der Waals surface area contributed by atoms with Gasteiger partial charge in [-0.25, -0.2) is 0 Å². The molecule has 1 aromatic rings. The number of aldehydes is 1. The lowest BCUT2D eigenvalue weighted by molar-refractivity contribution is 0.112. The van der Waals surface area contributed by atoms with E-state index in [0.29, 0.717) is 5.92 Å². The second-order valence-corrected chi connectivity index (χ2v) is 4.43. The van der Waals surface area contributed by atoms with Gasteiger partial charge in [0.15, 0.2) is 0 Å². The molecule has 0 aromatic heterocycles. The lowest BCUT2D eigenvalue weighted by atomic mass is 9.86. The van der Waals surface area contributed by atoms with E-state index in [9.17, 15) is 4.79 Å². The van der Waals surface area contributed by atoms with Gasteiger partial charge >= 0.3 is 0 Å². The normalized spacial score (nSPS) is 19.9. The van der Waals surface area contributed by atoms with Crippen LogP contribution < -0.4 is 0 Å². The largest absolute Gasteiger partial charge is 0.298 e. The van der Waals surface area contributed by atoms with Crippen LogP contribution in [-0.4, -0.2) is 6.29 Å². The van der Waals surface area contributed by atoms with Crippen LogP contribution in [0, 0.1) is 0 Å². The van der Waals surface area contributed by atoms with E-state index in [1.807, 2.05) is 24.3 Å². The summed E-state index contributed by atoms with van der Waals surface area (Å²) in [5, 5.41) is 0. The molecule has 2 rings (SSSR count). The van der Waals surface area contributed by atoms with Crippen LogP contribution >= 0.6 is 0 Å². The van der Waals surface area contributed by atoms with E-state index in [4.69, 9.17) is 0 Å². The molecule has 1 heteroatoms. The third-order valence-corrected chi connectivity index (χ3v) is 3.39. The van der Waals surface area contributed by atoms with Crippen molar-refractivity contribution < 1.29 is 4.79 Å². The van der Waals surface area contributed by atoms with Crippen molar-refractivity contribution >= 4 is 6.29 Å². The molecular weight excluding hydrogens is 196 g/mol. The summed E-state index contributed by atoms with van der Waals surface area (Å²) in [4.78, 5) is 11.0. The molecule has 0 aliphatic heterocycles. The van der Waals surface area contributed by atoms with Gasteiger partial charge in [0.05, 0.1) is 0 Å². The molecule has 1 unspecified atom stereocenters. The molecule has 0 spiro atoms. The van der Waals surface area contributed by atoms with Crippen molar-refractivity contribution in [1.82, 2.24) is 0 Å². The molecule has 0 saturated heterocycles. The van der Waals surface area contributed by atoms with E-state index in [1.165, 1.54) is 16.7 Å². The summed E-state index contributed by atoms with van der Waals surface area (Å²) < 4.78 is 0. The molecule has 82 valence electrons. The molecule has 1 aliphatic carbocycles. The Bertz CT molecular complexity index is 492. The minimum absolute atomic E-state index is 0.293. The number of hydrogen-bond acceptors (Lipinski definition) is 1. The van der Waals surface area contributed by atoms with E-state index in [2.05, 4.69) is 26.8 Å². The summed E-state index contributed by atoms with van der Waals surface area (Å²) >= 11 is 0. The zero-order valence-corrected chi connectivity index (χ0v) is 9.95. The summed E-state index contributed by atoms with van der Waals surface area (Å²) in [6.45, 7) is 6.41. The van der Waals surface area contributed by atoms with Gasteiger partial charge in [0.2, 0.25) is 0 Å². The highest BCUT2D eigenvalue weighted by molar-refractivity contribution is 5.78. The van der Waals surface area contributed by atoms with Gasteiger partial charge in [-0.2, -0.15) is 0 Å². The topological polar surface area (TPSA) is 17.1 Å². The average Bonchev–Trinajstić information content (AvgIpc) is 2.53. The maximum absolute atomic E-state index is 11.0. The predicted molar refractivity (Wildman–Crippen MR) is 66.7 cm³/mol. The first kappa shape index (κ1) is 10.9. The Labute approximate surface area is 96.5 Å². The molecule has 0 radical (unpaired) electrons. The molecule has 16 heavy (non-hydrogen) atoms. The van der Waals surface area contributed by atoms with Crippen LogP contribution in [-0.2, 0) is 0 Å². The quantitative estimate of drug-likeness (QED) is 0.680. The van der Waals surface area contributed by atoms with Crippen LogP contribution in [0.1, 0.15) is 42.6 Å². The van der Waals surface area contributed by atoms with E-state index in [-0.39, 0.29) is 0 Å². The Hall–Kier alpha value is -1.63. The Morgan fingerprint density at radius 1 is 1.12 bits per heavy atom. The van der Waals surface area contributed by atoms with Crippen molar-refractivity contribution in [2.24, 2.45) is 0 Å². The standard InChI is InChI=1S/C15H16O/c1-10-8-11(2)15(12(10)3)14-7-5-4-6-13(14)9-16/h4-9,15H,1-3H3. The first-order chi connectivity index (χ1) is 7.65. The maximum Gasteiger partial charge on any atom is 0.150 e.